The van der Waals surface area contributed by atoms with Crippen molar-refractivity contribution in [1.82, 2.24) is 14.7 Å². The zero-order valence-electron chi connectivity index (χ0n) is 15.6. The van der Waals surface area contributed by atoms with Crippen LogP contribution in [-0.4, -0.2) is 75.1 Å². The fourth-order valence-corrected chi connectivity index (χ4v) is 5.37. The van der Waals surface area contributed by atoms with E-state index in [-0.39, 0.29) is 0 Å². The first-order chi connectivity index (χ1) is 11.0. The Morgan fingerprint density at radius 3 is 1.39 bits per heavy atom. The molecule has 132 valence electrons. The molecule has 0 aromatic rings. The summed E-state index contributed by atoms with van der Waals surface area (Å²) in [4.78, 5) is 7.34. The van der Waals surface area contributed by atoms with E-state index < -0.39 is 0 Å². The molecular formula is C20H37N3. The quantitative estimate of drug-likeness (QED) is 0.679. The maximum Gasteiger partial charge on any atom is 0.00354 e. The van der Waals surface area contributed by atoms with E-state index in [0.29, 0.717) is 0 Å². The van der Waals surface area contributed by atoms with Crippen molar-refractivity contribution in [1.29, 1.82) is 0 Å². The topological polar surface area (TPSA) is 9.72 Å². The fourth-order valence-electron chi connectivity index (χ4n) is 5.37. The zero-order chi connectivity index (χ0) is 16.0. The van der Waals surface area contributed by atoms with Gasteiger partial charge in [0.25, 0.3) is 0 Å². The van der Waals surface area contributed by atoms with Crippen molar-refractivity contribution >= 4 is 0 Å². The number of likely N-dealkylation sites (tertiary alicyclic amines) is 3. The van der Waals surface area contributed by atoms with E-state index in [0.717, 1.165) is 29.1 Å². The number of fused-ring (bicyclic) bond motifs is 2. The van der Waals surface area contributed by atoms with Gasteiger partial charge in [-0.2, -0.15) is 0 Å². The van der Waals surface area contributed by atoms with Crippen LogP contribution in [0.1, 0.15) is 38.5 Å². The predicted molar refractivity (Wildman–Crippen MR) is 96.6 cm³/mol. The lowest BCUT2D eigenvalue weighted by Gasteiger charge is -2.28. The number of piperidine rings is 1. The van der Waals surface area contributed by atoms with Gasteiger partial charge in [-0.3, -0.25) is 0 Å². The molecule has 3 saturated carbocycles. The van der Waals surface area contributed by atoms with Gasteiger partial charge in [-0.25, -0.2) is 0 Å². The summed E-state index contributed by atoms with van der Waals surface area (Å²) in [6.07, 6.45) is 9.05. The molecule has 3 nitrogen and oxygen atoms in total. The molecule has 23 heavy (non-hydrogen) atoms. The highest BCUT2D eigenvalue weighted by Gasteiger charge is 2.46. The van der Waals surface area contributed by atoms with Crippen LogP contribution < -0.4 is 0 Å². The fraction of sp³-hybridized carbons (Fsp3) is 1.00. The largest absolute Gasteiger partial charge is 0.306 e. The molecule has 0 bridgehead atoms. The van der Waals surface area contributed by atoms with Crippen molar-refractivity contribution in [2.75, 3.05) is 60.4 Å². The average Bonchev–Trinajstić information content (AvgIpc) is 3.31. The summed E-state index contributed by atoms with van der Waals surface area (Å²) in [6, 6.07) is 0. The molecule has 1 spiro atoms. The average molecular weight is 320 g/mol. The molecule has 4 atom stereocenters. The van der Waals surface area contributed by atoms with Crippen LogP contribution in [0.25, 0.3) is 0 Å². The molecule has 0 aromatic carbocycles. The maximum absolute atomic E-state index is 2.46. The molecule has 3 aliphatic heterocycles. The van der Waals surface area contributed by atoms with E-state index in [2.05, 4.69) is 35.8 Å². The molecule has 0 N–H and O–H groups in total. The Kier molecular flexibility index (Phi) is 4.49. The summed E-state index contributed by atoms with van der Waals surface area (Å²) < 4.78 is 0. The minimum atomic E-state index is 0.842. The summed E-state index contributed by atoms with van der Waals surface area (Å²) in [5.41, 5.74) is 0.842. The van der Waals surface area contributed by atoms with E-state index >= 15 is 0 Å². The Balaban J connectivity index is 0.0000000884. The summed E-state index contributed by atoms with van der Waals surface area (Å²) in [7, 11) is 6.68. The van der Waals surface area contributed by atoms with Gasteiger partial charge in [-0.05, 0) is 95.3 Å². The Hall–Kier alpha value is -0.120. The Labute approximate surface area is 143 Å². The molecule has 0 amide bonds. The lowest BCUT2D eigenvalue weighted by atomic mass is 9.77. The molecule has 6 fully saturated rings. The summed E-state index contributed by atoms with van der Waals surface area (Å²) in [5.74, 6) is 4.43. The van der Waals surface area contributed by atoms with Gasteiger partial charge in [0.1, 0.15) is 0 Å². The van der Waals surface area contributed by atoms with Gasteiger partial charge in [0, 0.05) is 32.7 Å². The van der Waals surface area contributed by atoms with Crippen LogP contribution in [0.4, 0.5) is 0 Å². The Bertz CT molecular complexity index is 397. The Morgan fingerprint density at radius 1 is 0.652 bits per heavy atom. The second-order valence-electron chi connectivity index (χ2n) is 9.78. The van der Waals surface area contributed by atoms with E-state index in [9.17, 15) is 0 Å². The van der Waals surface area contributed by atoms with Gasteiger partial charge in [0.2, 0.25) is 0 Å². The van der Waals surface area contributed by atoms with Crippen LogP contribution in [-0.2, 0) is 0 Å². The molecular weight excluding hydrogens is 282 g/mol. The molecule has 3 aliphatic carbocycles. The summed E-state index contributed by atoms with van der Waals surface area (Å²) in [5, 5.41) is 0. The first kappa shape index (κ1) is 16.4. The third-order valence-corrected chi connectivity index (χ3v) is 7.41. The second kappa shape index (κ2) is 6.31. The highest BCUT2D eigenvalue weighted by atomic mass is 15.1. The number of hydrogen-bond donors (Lipinski definition) is 0. The molecule has 3 saturated heterocycles. The van der Waals surface area contributed by atoms with Crippen LogP contribution in [0.3, 0.4) is 0 Å². The summed E-state index contributed by atoms with van der Waals surface area (Å²) >= 11 is 0. The van der Waals surface area contributed by atoms with Crippen LogP contribution >= 0.6 is 0 Å². The first-order valence-corrected chi connectivity index (χ1v) is 10.1. The standard InChI is InChI=1S/2C7H13N.C6H11N/c1-8-4-6-2-3-7(6)5-8;1-8-5-4-7(6-8)2-3-7;1-7-3-5-2-6(5)4-7/h6-7H,2-5H2,1H3;2-6H2,1H3;5-6H,2-4H2,1H3. The van der Waals surface area contributed by atoms with Crippen LogP contribution in [0.15, 0.2) is 0 Å². The van der Waals surface area contributed by atoms with E-state index in [4.69, 9.17) is 0 Å². The van der Waals surface area contributed by atoms with Crippen molar-refractivity contribution in [3.8, 4) is 0 Å². The summed E-state index contributed by atoms with van der Waals surface area (Å²) in [6.45, 7) is 8.25. The number of nitrogens with zero attached hydrogens (tertiary/aromatic N) is 3. The van der Waals surface area contributed by atoms with Crippen molar-refractivity contribution in [3.63, 3.8) is 0 Å². The predicted octanol–water partition coefficient (Wildman–Crippen LogP) is 2.63. The van der Waals surface area contributed by atoms with Crippen molar-refractivity contribution in [3.05, 3.63) is 0 Å². The molecule has 4 unspecified atom stereocenters. The van der Waals surface area contributed by atoms with Gasteiger partial charge in [0.15, 0.2) is 0 Å². The van der Waals surface area contributed by atoms with Gasteiger partial charge in [-0.1, -0.05) is 0 Å². The van der Waals surface area contributed by atoms with Gasteiger partial charge >= 0.3 is 0 Å². The highest BCUT2D eigenvalue weighted by Crippen LogP contribution is 2.52. The van der Waals surface area contributed by atoms with Crippen molar-refractivity contribution in [2.24, 2.45) is 29.1 Å². The highest BCUT2D eigenvalue weighted by molar-refractivity contribution is 4.99. The maximum atomic E-state index is 2.46. The molecule has 0 radical (unpaired) electrons. The third kappa shape index (κ3) is 3.93. The lowest BCUT2D eigenvalue weighted by molar-refractivity contribution is 0.243. The SMILES string of the molecule is CN1CC2CC2C1.CN1CC2CCC2C1.CN1CCC2(CC2)C1. The minimum absolute atomic E-state index is 0.842. The van der Waals surface area contributed by atoms with E-state index in [1.807, 2.05) is 0 Å². The number of hydrogen-bond acceptors (Lipinski definition) is 3. The van der Waals surface area contributed by atoms with Crippen LogP contribution in [0.2, 0.25) is 0 Å². The lowest BCUT2D eigenvalue weighted by Crippen LogP contribution is -2.22. The van der Waals surface area contributed by atoms with Gasteiger partial charge in [-0.15, -0.1) is 0 Å². The normalized spacial score (nSPS) is 42.9. The van der Waals surface area contributed by atoms with Gasteiger partial charge in [0.05, 0.1) is 0 Å². The minimum Gasteiger partial charge on any atom is -0.306 e. The molecule has 0 aromatic heterocycles. The monoisotopic (exact) mass is 319 g/mol. The van der Waals surface area contributed by atoms with Crippen molar-refractivity contribution in [2.45, 2.75) is 38.5 Å². The van der Waals surface area contributed by atoms with E-state index in [1.54, 1.807) is 0 Å². The van der Waals surface area contributed by atoms with Crippen LogP contribution in [0.5, 0.6) is 0 Å². The van der Waals surface area contributed by atoms with E-state index in [1.165, 1.54) is 77.8 Å². The second-order valence-corrected chi connectivity index (χ2v) is 9.78. The van der Waals surface area contributed by atoms with Crippen molar-refractivity contribution < 1.29 is 0 Å². The zero-order valence-corrected chi connectivity index (χ0v) is 15.6. The molecule has 3 heterocycles. The smallest absolute Gasteiger partial charge is 0.00354 e. The number of rotatable bonds is 0. The Morgan fingerprint density at radius 2 is 1.17 bits per heavy atom. The molecule has 6 aliphatic rings. The third-order valence-electron chi connectivity index (χ3n) is 7.41. The molecule has 6 rings (SSSR count). The van der Waals surface area contributed by atoms with Crippen LogP contribution in [0, 0.1) is 29.1 Å². The van der Waals surface area contributed by atoms with Gasteiger partial charge < -0.3 is 14.7 Å². The first-order valence-electron chi connectivity index (χ1n) is 10.1. The molecule has 3 heteroatoms.